The summed E-state index contributed by atoms with van der Waals surface area (Å²) in [4.78, 5) is 13.7. The minimum absolute atomic E-state index is 0.822. The number of hydrogen-bond acceptors (Lipinski definition) is 4. The van der Waals surface area contributed by atoms with E-state index in [1.807, 2.05) is 0 Å². The number of nitrogens with zero attached hydrogens (tertiary/aromatic N) is 4. The Bertz CT molecular complexity index is 2100. The molecule has 0 saturated heterocycles. The highest BCUT2D eigenvalue weighted by atomic mass is 15.3. The van der Waals surface area contributed by atoms with Crippen molar-refractivity contribution in [2.45, 2.75) is 448 Å². The van der Waals surface area contributed by atoms with Gasteiger partial charge in [0.05, 0.1) is 0 Å². The molecule has 0 bridgehead atoms. The second kappa shape index (κ2) is 33.2. The van der Waals surface area contributed by atoms with Gasteiger partial charge in [-0.2, -0.15) is 0 Å². The minimum Gasteiger partial charge on any atom is -0.294 e. The molecule has 8 atom stereocenters. The van der Waals surface area contributed by atoms with Crippen molar-refractivity contribution < 1.29 is 0 Å². The molecule has 4 nitrogen and oxygen atoms in total. The lowest BCUT2D eigenvalue weighted by Gasteiger charge is -2.67. The molecule has 4 heteroatoms. The summed E-state index contributed by atoms with van der Waals surface area (Å²) in [5.41, 5.74) is 0. The number of fused-ring (bicyclic) bond motifs is 4. The molecular weight excluding hydrogens is 1160 g/mol. The van der Waals surface area contributed by atoms with Gasteiger partial charge in [-0.3, -0.25) is 19.6 Å². The van der Waals surface area contributed by atoms with Gasteiger partial charge in [-0.15, -0.1) is 0 Å². The largest absolute Gasteiger partial charge is 0.294 e. The molecular formula is C92H156N4. The predicted octanol–water partition coefficient (Wildman–Crippen LogP) is 24.4. The monoisotopic (exact) mass is 1320 g/mol. The van der Waals surface area contributed by atoms with Crippen molar-refractivity contribution in [1.82, 2.24) is 19.6 Å². The molecule has 15 fully saturated rings. The van der Waals surface area contributed by atoms with Crippen LogP contribution in [0.15, 0.2) is 24.3 Å². The second-order valence-corrected chi connectivity index (χ2v) is 40.5. The first kappa shape index (κ1) is 71.0. The van der Waals surface area contributed by atoms with Crippen molar-refractivity contribution in [3.05, 3.63) is 24.3 Å². The van der Waals surface area contributed by atoms with Gasteiger partial charge >= 0.3 is 0 Å². The van der Waals surface area contributed by atoms with E-state index in [1.165, 1.54) is 283 Å². The maximum atomic E-state index is 3.64. The Morgan fingerprint density at radius 3 is 0.510 bits per heavy atom. The van der Waals surface area contributed by atoms with Gasteiger partial charge in [0.1, 0.15) is 0 Å². The molecule has 0 aliphatic heterocycles. The van der Waals surface area contributed by atoms with E-state index in [2.05, 4.69) is 85.4 Å². The molecule has 15 saturated carbocycles. The van der Waals surface area contributed by atoms with Crippen LogP contribution < -0.4 is 0 Å². The molecule has 0 N–H and O–H groups in total. The molecule has 15 rings (SSSR count). The highest BCUT2D eigenvalue weighted by Gasteiger charge is 2.62. The summed E-state index contributed by atoms with van der Waals surface area (Å²) in [5.74, 6) is 16.8. The smallest absolute Gasteiger partial charge is 0.0164 e. The zero-order valence-corrected chi connectivity index (χ0v) is 64.2. The molecule has 0 heterocycles. The summed E-state index contributed by atoms with van der Waals surface area (Å²) >= 11 is 0. The Morgan fingerprint density at radius 1 is 0.177 bits per heavy atom. The number of allylic oxidation sites excluding steroid dienone is 4. The van der Waals surface area contributed by atoms with Crippen LogP contribution >= 0.6 is 0 Å². The van der Waals surface area contributed by atoms with Gasteiger partial charge in [0.2, 0.25) is 0 Å². The molecule has 15 aliphatic carbocycles. The molecule has 0 spiro atoms. The Labute approximate surface area is 595 Å². The fourth-order valence-corrected chi connectivity index (χ4v) is 28.6. The van der Waals surface area contributed by atoms with Crippen molar-refractivity contribution in [3.8, 4) is 0 Å². The summed E-state index contributed by atoms with van der Waals surface area (Å²) in [7, 11) is 0. The summed E-state index contributed by atoms with van der Waals surface area (Å²) in [6.07, 6.45) is 89.7. The van der Waals surface area contributed by atoms with E-state index in [9.17, 15) is 0 Å². The van der Waals surface area contributed by atoms with Gasteiger partial charge in [0.25, 0.3) is 0 Å². The first-order valence-corrected chi connectivity index (χ1v) is 45.5. The number of hydrogen-bond donors (Lipinski definition) is 0. The third-order valence-electron chi connectivity index (χ3n) is 34.4. The maximum absolute atomic E-state index is 3.64. The van der Waals surface area contributed by atoms with Crippen LogP contribution in [-0.2, 0) is 0 Å². The van der Waals surface area contributed by atoms with E-state index in [0.717, 1.165) is 179 Å². The fraction of sp³-hybridized carbons (Fsp3) is 0.957. The molecule has 0 amide bonds. The normalized spacial score (nSPS) is 48.7. The van der Waals surface area contributed by atoms with Gasteiger partial charge in [-0.1, -0.05) is 117 Å². The Morgan fingerprint density at radius 2 is 0.333 bits per heavy atom. The average molecular weight is 1320 g/mol. The first-order chi connectivity index (χ1) is 47.0. The minimum atomic E-state index is 0.822. The summed E-state index contributed by atoms with van der Waals surface area (Å²) in [6.45, 7) is 15.4. The van der Waals surface area contributed by atoms with E-state index >= 15 is 0 Å². The van der Waals surface area contributed by atoms with Crippen LogP contribution in [0.5, 0.6) is 0 Å². The standard InChI is InChI=1S/C92H156N4/c1-63-15-39-77(40-16-63)93(78-41-17-64(2)18-42-78)81-51-31-69(32-52-81)27-29-71-35-55-85(56-36-71)95(83-47-23-67(5)24-48-83)91-87-59-73-11-7-9-13-75(73)61-89(87)92(90-62-76-14-10-8-12-74(76)60-88(90)91)96(84-49-25-68(6)26-50-84)86-57-37-72(38-58-86)30-28-70-33-53-82(54-34-70)94(79-43-19-65(3)20-44-79)80-45-21-66(4)22-46-80/h27-30,63-92H,7-26,31-62H2,1-6H3/b29-27+,30-28+. The van der Waals surface area contributed by atoms with Crippen molar-refractivity contribution in [1.29, 1.82) is 0 Å². The Balaban J connectivity index is 0.655. The van der Waals surface area contributed by atoms with Gasteiger partial charge in [-0.25, -0.2) is 0 Å². The highest BCUT2D eigenvalue weighted by Crippen LogP contribution is 2.63. The van der Waals surface area contributed by atoms with Crippen LogP contribution in [0, 0.1) is 107 Å². The lowest BCUT2D eigenvalue weighted by Crippen LogP contribution is -2.70. The Kier molecular flexibility index (Phi) is 24.5. The quantitative estimate of drug-likeness (QED) is 0.143. The third-order valence-corrected chi connectivity index (χ3v) is 34.4. The highest BCUT2D eigenvalue weighted by molar-refractivity contribution is 5.15. The van der Waals surface area contributed by atoms with Crippen LogP contribution in [-0.4, -0.2) is 92.1 Å². The van der Waals surface area contributed by atoms with Crippen molar-refractivity contribution >= 4 is 0 Å². The van der Waals surface area contributed by atoms with Crippen molar-refractivity contribution in [2.75, 3.05) is 0 Å². The second-order valence-electron chi connectivity index (χ2n) is 40.5. The zero-order valence-electron chi connectivity index (χ0n) is 64.2. The molecule has 8 unspecified atom stereocenters. The summed E-state index contributed by atoms with van der Waals surface area (Å²) in [5, 5.41) is 0. The molecule has 0 aromatic rings. The average Bonchev–Trinajstić information content (AvgIpc) is 0.712. The fourth-order valence-electron chi connectivity index (χ4n) is 28.6. The van der Waals surface area contributed by atoms with Gasteiger partial charge in [0.15, 0.2) is 0 Å². The first-order valence-electron chi connectivity index (χ1n) is 45.5. The van der Waals surface area contributed by atoms with E-state index in [-0.39, 0.29) is 0 Å². The molecule has 0 radical (unpaired) electrons. The molecule has 544 valence electrons. The van der Waals surface area contributed by atoms with Crippen LogP contribution in [0.2, 0.25) is 0 Å². The van der Waals surface area contributed by atoms with Crippen molar-refractivity contribution in [2.24, 2.45) is 107 Å². The summed E-state index contributed by atoms with van der Waals surface area (Å²) < 4.78 is 0. The van der Waals surface area contributed by atoms with E-state index < -0.39 is 0 Å². The Hall–Kier alpha value is -0.680. The SMILES string of the molecule is CC1CCC(N(C2CCC(C)CC2)C2CCC(/C=C/C3CCC(N(C4CCC(C)CC4)C4C5CC6CCCCC6CC5C(N(C5CCC(C)CC5)C5CCC(/C=C/C6CCC(N(C7CCC(C)CC7)C7CCC(C)CC7)CC6)CC5)C5CC6CCCCC6CC54)CC3)CC2)CC1. The maximum Gasteiger partial charge on any atom is 0.0164 e. The van der Waals surface area contributed by atoms with Crippen LogP contribution in [0.1, 0.15) is 375 Å². The lowest BCUT2D eigenvalue weighted by atomic mass is 9.47. The van der Waals surface area contributed by atoms with Crippen LogP contribution in [0.3, 0.4) is 0 Å². The molecule has 15 aliphatic rings. The van der Waals surface area contributed by atoms with Crippen LogP contribution in [0.25, 0.3) is 0 Å². The van der Waals surface area contributed by atoms with Gasteiger partial charge < -0.3 is 0 Å². The van der Waals surface area contributed by atoms with E-state index in [4.69, 9.17) is 0 Å². The lowest BCUT2D eigenvalue weighted by molar-refractivity contribution is -0.174. The van der Waals surface area contributed by atoms with Gasteiger partial charge in [0, 0.05) is 72.5 Å². The van der Waals surface area contributed by atoms with Gasteiger partial charge in [-0.05, 0) is 389 Å². The third kappa shape index (κ3) is 16.5. The van der Waals surface area contributed by atoms with Crippen molar-refractivity contribution in [3.63, 3.8) is 0 Å². The van der Waals surface area contributed by atoms with Crippen LogP contribution in [0.4, 0.5) is 0 Å². The number of rotatable bonds is 16. The van der Waals surface area contributed by atoms with E-state index in [1.54, 1.807) is 51.4 Å². The summed E-state index contributed by atoms with van der Waals surface area (Å²) in [6, 6.07) is 10.3. The predicted molar refractivity (Wildman–Crippen MR) is 408 cm³/mol. The van der Waals surface area contributed by atoms with E-state index in [0.29, 0.717) is 0 Å². The molecule has 0 aromatic heterocycles. The molecule has 0 aromatic carbocycles. The molecule has 96 heavy (non-hydrogen) atoms. The topological polar surface area (TPSA) is 13.0 Å². The zero-order chi connectivity index (χ0) is 65.2.